The lowest BCUT2D eigenvalue weighted by Crippen LogP contribution is -2.40. The van der Waals surface area contributed by atoms with Crippen molar-refractivity contribution in [2.24, 2.45) is 0 Å². The van der Waals surface area contributed by atoms with Gasteiger partial charge in [-0.05, 0) is 47.4 Å². The van der Waals surface area contributed by atoms with E-state index in [1.807, 2.05) is 24.3 Å². The molecule has 0 aliphatic carbocycles. The highest BCUT2D eigenvalue weighted by atomic mass is 19.4. The van der Waals surface area contributed by atoms with Gasteiger partial charge in [0.05, 0.1) is 23.0 Å². The molecule has 3 aromatic carbocycles. The molecule has 5 nitrogen and oxygen atoms in total. The lowest BCUT2D eigenvalue weighted by atomic mass is 10.1. The quantitative estimate of drug-likeness (QED) is 0.298. The number of hydrogen-bond donors (Lipinski definition) is 0. The summed E-state index contributed by atoms with van der Waals surface area (Å²) < 4.78 is 41.8. The molecule has 0 spiro atoms. The summed E-state index contributed by atoms with van der Waals surface area (Å²) in [7, 11) is 0. The summed E-state index contributed by atoms with van der Waals surface area (Å²) in [6.07, 6.45) is -0.708. The molecule has 0 N–H and O–H groups in total. The summed E-state index contributed by atoms with van der Waals surface area (Å²) in [5.41, 5.74) is 0.725. The number of fused-ring (bicyclic) bond motifs is 1. The minimum atomic E-state index is -4.47. The molecule has 37 heavy (non-hydrogen) atoms. The van der Waals surface area contributed by atoms with E-state index in [-0.39, 0.29) is 25.3 Å². The van der Waals surface area contributed by atoms with E-state index in [0.717, 1.165) is 27.8 Å². The van der Waals surface area contributed by atoms with Gasteiger partial charge in [-0.25, -0.2) is 4.79 Å². The highest BCUT2D eigenvalue weighted by Gasteiger charge is 2.30. The molecule has 1 heterocycles. The molecule has 0 atom stereocenters. The molecule has 4 rings (SSSR count). The minimum Gasteiger partial charge on any atom is -0.295 e. The van der Waals surface area contributed by atoms with Crippen molar-refractivity contribution in [3.05, 3.63) is 122 Å². The fourth-order valence-electron chi connectivity index (χ4n) is 4.09. The topological polar surface area (TPSA) is 61.1 Å². The number of ketones is 1. The van der Waals surface area contributed by atoms with Gasteiger partial charge < -0.3 is 0 Å². The van der Waals surface area contributed by atoms with E-state index in [4.69, 9.17) is 0 Å². The number of halogens is 3. The molecule has 0 saturated carbocycles. The van der Waals surface area contributed by atoms with Crippen LogP contribution in [0.25, 0.3) is 17.0 Å². The summed E-state index contributed by atoms with van der Waals surface area (Å²) in [6, 6.07) is 19.0. The van der Waals surface area contributed by atoms with Gasteiger partial charge in [-0.3, -0.25) is 18.7 Å². The largest absolute Gasteiger partial charge is 0.416 e. The number of carbonyl (C=O) groups is 1. The molecular formula is C29H25F3N2O3. The molecule has 0 aliphatic heterocycles. The summed E-state index contributed by atoms with van der Waals surface area (Å²) in [6.45, 7) is 1.93. The van der Waals surface area contributed by atoms with Crippen molar-refractivity contribution < 1.29 is 18.0 Å². The van der Waals surface area contributed by atoms with E-state index >= 15 is 0 Å². The predicted octanol–water partition coefficient (Wildman–Crippen LogP) is 5.47. The van der Waals surface area contributed by atoms with Crippen LogP contribution in [0.5, 0.6) is 0 Å². The number of hydrogen-bond acceptors (Lipinski definition) is 3. The van der Waals surface area contributed by atoms with Crippen LogP contribution in [0.3, 0.4) is 0 Å². The van der Waals surface area contributed by atoms with E-state index in [0.29, 0.717) is 22.9 Å². The Balaban J connectivity index is 1.67. The molecule has 0 radical (unpaired) electrons. The maximum atomic E-state index is 13.4. The summed E-state index contributed by atoms with van der Waals surface area (Å²) in [5, 5.41) is 0.351. The van der Waals surface area contributed by atoms with E-state index in [2.05, 4.69) is 0 Å². The smallest absolute Gasteiger partial charge is 0.295 e. The molecule has 0 unspecified atom stereocenters. The fraction of sp³-hybridized carbons (Fsp3) is 0.207. The molecule has 190 valence electrons. The van der Waals surface area contributed by atoms with Crippen molar-refractivity contribution in [1.82, 2.24) is 9.13 Å². The van der Waals surface area contributed by atoms with Crippen molar-refractivity contribution in [3.8, 4) is 0 Å². The number of aromatic nitrogens is 2. The number of rotatable bonds is 8. The molecule has 8 heteroatoms. The number of alkyl halides is 3. The Morgan fingerprint density at radius 2 is 1.62 bits per heavy atom. The number of allylic oxidation sites excluding steroid dienone is 1. The second kappa shape index (κ2) is 10.8. The van der Waals surface area contributed by atoms with Gasteiger partial charge in [-0.1, -0.05) is 67.6 Å². The van der Waals surface area contributed by atoms with Crippen molar-refractivity contribution in [2.45, 2.75) is 39.0 Å². The van der Waals surface area contributed by atoms with Crippen LogP contribution < -0.4 is 11.2 Å². The Morgan fingerprint density at radius 3 is 2.32 bits per heavy atom. The Bertz CT molecular complexity index is 1580. The minimum absolute atomic E-state index is 0.0227. The molecule has 1 aromatic heterocycles. The van der Waals surface area contributed by atoms with E-state index in [1.165, 1.54) is 16.7 Å². The molecule has 0 bridgehead atoms. The van der Waals surface area contributed by atoms with Crippen LogP contribution in [-0.4, -0.2) is 14.9 Å². The predicted molar refractivity (Wildman–Crippen MR) is 137 cm³/mol. The number of benzene rings is 3. The van der Waals surface area contributed by atoms with Gasteiger partial charge in [-0.2, -0.15) is 13.2 Å². The monoisotopic (exact) mass is 506 g/mol. The summed E-state index contributed by atoms with van der Waals surface area (Å²) >= 11 is 0. The maximum absolute atomic E-state index is 13.4. The van der Waals surface area contributed by atoms with Gasteiger partial charge in [0.15, 0.2) is 5.78 Å². The van der Waals surface area contributed by atoms with Gasteiger partial charge >= 0.3 is 11.9 Å². The van der Waals surface area contributed by atoms with Crippen LogP contribution in [0.2, 0.25) is 0 Å². The first kappa shape index (κ1) is 25.9. The van der Waals surface area contributed by atoms with Crippen LogP contribution >= 0.6 is 0 Å². The number of para-hydroxylation sites is 1. The Kier molecular flexibility index (Phi) is 7.57. The lowest BCUT2D eigenvalue weighted by Gasteiger charge is -2.15. The van der Waals surface area contributed by atoms with E-state index in [9.17, 15) is 27.6 Å². The maximum Gasteiger partial charge on any atom is 0.416 e. The second-order valence-electron chi connectivity index (χ2n) is 8.69. The van der Waals surface area contributed by atoms with Crippen LogP contribution in [0.15, 0.2) is 88.5 Å². The summed E-state index contributed by atoms with van der Waals surface area (Å²) in [4.78, 5) is 38.1. The third-order valence-corrected chi connectivity index (χ3v) is 6.14. The first-order valence-corrected chi connectivity index (χ1v) is 11.9. The Morgan fingerprint density at radius 1 is 0.892 bits per heavy atom. The zero-order chi connectivity index (χ0) is 26.6. The zero-order valence-electron chi connectivity index (χ0n) is 20.2. The number of nitrogens with zero attached hydrogens (tertiary/aromatic N) is 2. The average molecular weight is 507 g/mol. The number of carbonyl (C=O) groups excluding carboxylic acids is 1. The molecule has 0 amide bonds. The van der Waals surface area contributed by atoms with Gasteiger partial charge in [0.1, 0.15) is 0 Å². The van der Waals surface area contributed by atoms with Crippen LogP contribution in [0.4, 0.5) is 13.2 Å². The third kappa shape index (κ3) is 5.97. The SMILES string of the molecule is CCC(=O)/C=C/c1ccc(Cn2c(=O)n(CCc3cccc(C(F)(F)F)c3)c(=O)c3ccccc32)cc1. The van der Waals surface area contributed by atoms with Crippen LogP contribution in [0, 0.1) is 0 Å². The molecule has 0 fully saturated rings. The van der Waals surface area contributed by atoms with Gasteiger partial charge in [-0.15, -0.1) is 0 Å². The normalized spacial score (nSPS) is 11.9. The Hall–Kier alpha value is -4.20. The van der Waals surface area contributed by atoms with Gasteiger partial charge in [0.2, 0.25) is 0 Å². The van der Waals surface area contributed by atoms with Crippen LogP contribution in [-0.2, 0) is 30.5 Å². The Labute approximate surface area is 211 Å². The lowest BCUT2D eigenvalue weighted by molar-refractivity contribution is -0.137. The van der Waals surface area contributed by atoms with E-state index < -0.39 is 23.0 Å². The molecule has 0 aliphatic rings. The fourth-order valence-corrected chi connectivity index (χ4v) is 4.09. The average Bonchev–Trinajstić information content (AvgIpc) is 2.90. The van der Waals surface area contributed by atoms with Crippen molar-refractivity contribution >= 4 is 22.8 Å². The molecular weight excluding hydrogens is 481 g/mol. The summed E-state index contributed by atoms with van der Waals surface area (Å²) in [5.74, 6) is 0.0227. The molecule has 4 aromatic rings. The van der Waals surface area contributed by atoms with Gasteiger partial charge in [0, 0.05) is 13.0 Å². The van der Waals surface area contributed by atoms with Crippen molar-refractivity contribution in [2.75, 3.05) is 0 Å². The molecule has 0 saturated heterocycles. The van der Waals surface area contributed by atoms with Crippen LogP contribution in [0.1, 0.15) is 35.6 Å². The highest BCUT2D eigenvalue weighted by Crippen LogP contribution is 2.29. The van der Waals surface area contributed by atoms with Crippen molar-refractivity contribution in [1.29, 1.82) is 0 Å². The highest BCUT2D eigenvalue weighted by molar-refractivity contribution is 5.93. The first-order chi connectivity index (χ1) is 17.7. The first-order valence-electron chi connectivity index (χ1n) is 11.9. The standard InChI is InChI=1S/C29H25F3N2O3/c1-2-24(35)15-14-20-10-12-22(13-11-20)19-34-26-9-4-3-8-25(26)27(36)33(28(34)37)17-16-21-6-5-7-23(18-21)29(30,31)32/h3-15,18H,2,16-17,19H2,1H3/b15-14+. The van der Waals surface area contributed by atoms with E-state index in [1.54, 1.807) is 43.3 Å². The van der Waals surface area contributed by atoms with Crippen molar-refractivity contribution in [3.63, 3.8) is 0 Å². The number of aryl methyl sites for hydroxylation is 1. The third-order valence-electron chi connectivity index (χ3n) is 6.14. The second-order valence-corrected chi connectivity index (χ2v) is 8.69. The zero-order valence-corrected chi connectivity index (χ0v) is 20.2. The van der Waals surface area contributed by atoms with Gasteiger partial charge in [0.25, 0.3) is 5.56 Å².